The molecule has 0 aliphatic rings. The van der Waals surface area contributed by atoms with E-state index in [-0.39, 0.29) is 0 Å². The first-order valence-corrected chi connectivity index (χ1v) is 4.92. The molecule has 0 radical (unpaired) electrons. The molecule has 0 saturated carbocycles. The summed E-state index contributed by atoms with van der Waals surface area (Å²) in [5.74, 6) is 1.12. The molecule has 0 aromatic heterocycles. The molecule has 1 heteroatoms. The van der Waals surface area contributed by atoms with E-state index in [1.165, 1.54) is 0 Å². The zero-order valence-corrected chi connectivity index (χ0v) is 8.67. The minimum atomic E-state index is 0.475. The first-order valence-electron chi connectivity index (χ1n) is 4.92. The first kappa shape index (κ1) is 10.1. The van der Waals surface area contributed by atoms with Gasteiger partial charge in [0.15, 0.2) is 0 Å². The van der Waals surface area contributed by atoms with Crippen molar-refractivity contribution in [2.24, 2.45) is 5.92 Å². The van der Waals surface area contributed by atoms with E-state index in [9.17, 15) is 5.11 Å². The van der Waals surface area contributed by atoms with Crippen molar-refractivity contribution in [3.8, 4) is 5.75 Å². The molecule has 0 amide bonds. The van der Waals surface area contributed by atoms with Gasteiger partial charge in [-0.2, -0.15) is 0 Å². The van der Waals surface area contributed by atoms with E-state index in [0.29, 0.717) is 11.7 Å². The van der Waals surface area contributed by atoms with Crippen LogP contribution in [-0.4, -0.2) is 5.11 Å². The standard InChI is InChI=1S/C12H18O/c1-4-9(2)8-11-7-5-6-10(3)12(11)13/h5-7,9,13H,4,8H2,1-3H3. The maximum atomic E-state index is 9.74. The number of phenols is 1. The van der Waals surface area contributed by atoms with Crippen LogP contribution in [0, 0.1) is 12.8 Å². The highest BCUT2D eigenvalue weighted by molar-refractivity contribution is 5.39. The van der Waals surface area contributed by atoms with Crippen molar-refractivity contribution in [3.05, 3.63) is 29.3 Å². The van der Waals surface area contributed by atoms with E-state index in [4.69, 9.17) is 0 Å². The lowest BCUT2D eigenvalue weighted by Gasteiger charge is -2.11. The third-order valence-electron chi connectivity index (χ3n) is 2.59. The van der Waals surface area contributed by atoms with E-state index in [1.54, 1.807) is 0 Å². The van der Waals surface area contributed by atoms with Crippen molar-refractivity contribution in [3.63, 3.8) is 0 Å². The lowest BCUT2D eigenvalue weighted by atomic mass is 9.97. The quantitative estimate of drug-likeness (QED) is 0.753. The van der Waals surface area contributed by atoms with Crippen LogP contribution in [-0.2, 0) is 6.42 Å². The summed E-state index contributed by atoms with van der Waals surface area (Å²) >= 11 is 0. The van der Waals surface area contributed by atoms with Crippen LogP contribution < -0.4 is 0 Å². The second kappa shape index (κ2) is 4.31. The lowest BCUT2D eigenvalue weighted by molar-refractivity contribution is 0.453. The van der Waals surface area contributed by atoms with Crippen molar-refractivity contribution in [2.75, 3.05) is 0 Å². The SMILES string of the molecule is CCC(C)Cc1cccc(C)c1O. The van der Waals surface area contributed by atoms with Crippen LogP contribution in [0.25, 0.3) is 0 Å². The fourth-order valence-electron chi connectivity index (χ4n) is 1.40. The van der Waals surface area contributed by atoms with Gasteiger partial charge in [-0.3, -0.25) is 0 Å². The van der Waals surface area contributed by atoms with E-state index in [1.807, 2.05) is 25.1 Å². The predicted molar refractivity (Wildman–Crippen MR) is 56.0 cm³/mol. The number of hydrogen-bond acceptors (Lipinski definition) is 1. The van der Waals surface area contributed by atoms with Crippen molar-refractivity contribution in [1.82, 2.24) is 0 Å². The summed E-state index contributed by atoms with van der Waals surface area (Å²) in [6.07, 6.45) is 2.14. The van der Waals surface area contributed by atoms with Crippen molar-refractivity contribution >= 4 is 0 Å². The predicted octanol–water partition coefficient (Wildman–Crippen LogP) is 3.29. The Kier molecular flexibility index (Phi) is 3.35. The molecular formula is C12H18O. The maximum Gasteiger partial charge on any atom is 0.121 e. The maximum absolute atomic E-state index is 9.74. The van der Waals surface area contributed by atoms with Crippen LogP contribution in [0.1, 0.15) is 31.4 Å². The van der Waals surface area contributed by atoms with Gasteiger partial charge in [0.05, 0.1) is 0 Å². The lowest BCUT2D eigenvalue weighted by Crippen LogP contribution is -1.98. The van der Waals surface area contributed by atoms with Crippen LogP contribution in [0.15, 0.2) is 18.2 Å². The Morgan fingerprint density at radius 2 is 2.08 bits per heavy atom. The highest BCUT2D eigenvalue weighted by Gasteiger charge is 2.06. The van der Waals surface area contributed by atoms with Gasteiger partial charge in [-0.15, -0.1) is 0 Å². The minimum Gasteiger partial charge on any atom is -0.507 e. The molecule has 0 aliphatic heterocycles. The van der Waals surface area contributed by atoms with Crippen LogP contribution in [0.3, 0.4) is 0 Å². The second-order valence-corrected chi connectivity index (χ2v) is 3.80. The summed E-state index contributed by atoms with van der Waals surface area (Å²) in [5, 5.41) is 9.74. The van der Waals surface area contributed by atoms with Crippen molar-refractivity contribution < 1.29 is 5.11 Å². The monoisotopic (exact) mass is 178 g/mol. The van der Waals surface area contributed by atoms with E-state index in [2.05, 4.69) is 13.8 Å². The molecule has 13 heavy (non-hydrogen) atoms. The Morgan fingerprint density at radius 1 is 1.38 bits per heavy atom. The Labute approximate surface area is 80.4 Å². The zero-order valence-electron chi connectivity index (χ0n) is 8.67. The third kappa shape index (κ3) is 2.48. The molecule has 72 valence electrons. The molecule has 0 spiro atoms. The smallest absolute Gasteiger partial charge is 0.121 e. The summed E-state index contributed by atoms with van der Waals surface area (Å²) in [4.78, 5) is 0. The van der Waals surface area contributed by atoms with Gasteiger partial charge in [-0.1, -0.05) is 38.5 Å². The Balaban J connectivity index is 2.83. The summed E-state index contributed by atoms with van der Waals surface area (Å²) in [5.41, 5.74) is 2.05. The Morgan fingerprint density at radius 3 is 2.69 bits per heavy atom. The van der Waals surface area contributed by atoms with Crippen LogP contribution >= 0.6 is 0 Å². The molecule has 0 fully saturated rings. The van der Waals surface area contributed by atoms with Gasteiger partial charge in [0.2, 0.25) is 0 Å². The molecule has 1 rings (SSSR count). The van der Waals surface area contributed by atoms with Crippen molar-refractivity contribution in [2.45, 2.75) is 33.6 Å². The van der Waals surface area contributed by atoms with Gasteiger partial charge in [-0.25, -0.2) is 0 Å². The number of rotatable bonds is 3. The van der Waals surface area contributed by atoms with Gasteiger partial charge in [-0.05, 0) is 30.4 Å². The normalized spacial score (nSPS) is 12.8. The number of hydrogen-bond donors (Lipinski definition) is 1. The molecule has 1 atom stereocenters. The third-order valence-corrected chi connectivity index (χ3v) is 2.59. The molecule has 1 aromatic rings. The van der Waals surface area contributed by atoms with Gasteiger partial charge >= 0.3 is 0 Å². The number of phenolic OH excluding ortho intramolecular Hbond substituents is 1. The number of aryl methyl sites for hydroxylation is 1. The summed E-state index contributed by atoms with van der Waals surface area (Å²) < 4.78 is 0. The van der Waals surface area contributed by atoms with Gasteiger partial charge in [0.25, 0.3) is 0 Å². The average Bonchev–Trinajstić information content (AvgIpc) is 2.13. The van der Waals surface area contributed by atoms with Gasteiger partial charge in [0.1, 0.15) is 5.75 Å². The average molecular weight is 178 g/mol. The largest absolute Gasteiger partial charge is 0.507 e. The number of aromatic hydroxyl groups is 1. The molecule has 0 bridgehead atoms. The molecule has 1 unspecified atom stereocenters. The molecule has 1 N–H and O–H groups in total. The highest BCUT2D eigenvalue weighted by Crippen LogP contribution is 2.24. The summed E-state index contributed by atoms with van der Waals surface area (Å²) in [6, 6.07) is 5.96. The molecule has 0 saturated heterocycles. The summed E-state index contributed by atoms with van der Waals surface area (Å²) in [7, 11) is 0. The van der Waals surface area contributed by atoms with Crippen molar-refractivity contribution in [1.29, 1.82) is 0 Å². The fourth-order valence-corrected chi connectivity index (χ4v) is 1.40. The van der Waals surface area contributed by atoms with Gasteiger partial charge in [0, 0.05) is 0 Å². The molecule has 0 heterocycles. The van der Waals surface area contributed by atoms with Crippen LogP contribution in [0.4, 0.5) is 0 Å². The molecular weight excluding hydrogens is 160 g/mol. The first-order chi connectivity index (χ1) is 6.15. The topological polar surface area (TPSA) is 20.2 Å². The number of para-hydroxylation sites is 1. The van der Waals surface area contributed by atoms with E-state index < -0.39 is 0 Å². The summed E-state index contributed by atoms with van der Waals surface area (Å²) in [6.45, 7) is 6.33. The van der Waals surface area contributed by atoms with Crippen LogP contribution in [0.5, 0.6) is 5.75 Å². The zero-order chi connectivity index (χ0) is 9.84. The molecule has 0 aliphatic carbocycles. The minimum absolute atomic E-state index is 0.475. The molecule has 1 nitrogen and oxygen atoms in total. The Bertz CT molecular complexity index is 278. The Hall–Kier alpha value is -0.980. The highest BCUT2D eigenvalue weighted by atomic mass is 16.3. The van der Waals surface area contributed by atoms with Crippen LogP contribution in [0.2, 0.25) is 0 Å². The van der Waals surface area contributed by atoms with E-state index in [0.717, 1.165) is 24.0 Å². The number of benzene rings is 1. The second-order valence-electron chi connectivity index (χ2n) is 3.80. The van der Waals surface area contributed by atoms with Gasteiger partial charge < -0.3 is 5.11 Å². The fraction of sp³-hybridized carbons (Fsp3) is 0.500. The van der Waals surface area contributed by atoms with E-state index >= 15 is 0 Å². The molecule has 1 aromatic carbocycles.